The fraction of sp³-hybridized carbons (Fsp3) is 0.238. The van der Waals surface area contributed by atoms with E-state index in [1.54, 1.807) is 18.3 Å². The number of rotatable bonds is 6. The molecule has 0 aliphatic rings. The molecule has 1 N–H and O–H groups in total. The van der Waals surface area contributed by atoms with Crippen LogP contribution in [0.1, 0.15) is 23.6 Å². The molecule has 0 saturated heterocycles. The van der Waals surface area contributed by atoms with E-state index in [4.69, 9.17) is 0 Å². The second-order valence-electron chi connectivity index (χ2n) is 6.45. The summed E-state index contributed by atoms with van der Waals surface area (Å²) in [5, 5.41) is 3.35. The topological polar surface area (TPSA) is 46.9 Å². The van der Waals surface area contributed by atoms with Crippen molar-refractivity contribution in [3.05, 3.63) is 77.4 Å². The number of hydrogen-bond donors (Lipinski definition) is 1. The number of amides is 1. The van der Waals surface area contributed by atoms with Gasteiger partial charge in [-0.3, -0.25) is 9.36 Å². The molecule has 1 heterocycles. The monoisotopic (exact) mass is 383 g/mol. The van der Waals surface area contributed by atoms with Gasteiger partial charge in [0.25, 0.3) is 0 Å². The number of benzene rings is 2. The summed E-state index contributed by atoms with van der Waals surface area (Å²) in [6.45, 7) is 6.38. The molecular weight excluding hydrogens is 361 g/mol. The normalized spacial score (nSPS) is 12.0. The van der Waals surface area contributed by atoms with Crippen LogP contribution < -0.4 is 5.32 Å². The van der Waals surface area contributed by atoms with Gasteiger partial charge < -0.3 is 5.32 Å². The standard InChI is InChI=1S/C21H22FN3OS/c1-14-4-9-19(12-15(14)2)25-11-10-23-21(25)27-16(3)20(26)24-13-17-5-7-18(22)8-6-17/h4-12,16H,13H2,1-3H3,(H,24,26). The van der Waals surface area contributed by atoms with Crippen LogP contribution in [0.25, 0.3) is 5.69 Å². The van der Waals surface area contributed by atoms with E-state index in [-0.39, 0.29) is 17.0 Å². The lowest BCUT2D eigenvalue weighted by molar-refractivity contribution is -0.120. The minimum Gasteiger partial charge on any atom is -0.351 e. The molecule has 1 atom stereocenters. The number of aromatic nitrogens is 2. The zero-order valence-corrected chi connectivity index (χ0v) is 16.4. The van der Waals surface area contributed by atoms with Crippen molar-refractivity contribution in [2.24, 2.45) is 0 Å². The van der Waals surface area contributed by atoms with Crippen LogP contribution in [0.2, 0.25) is 0 Å². The SMILES string of the molecule is Cc1ccc(-n2ccnc2SC(C)C(=O)NCc2ccc(F)cc2)cc1C. The molecule has 1 aromatic heterocycles. The van der Waals surface area contributed by atoms with Crippen LogP contribution in [0.3, 0.4) is 0 Å². The Morgan fingerprint density at radius 1 is 1.19 bits per heavy atom. The molecule has 0 fully saturated rings. The van der Waals surface area contributed by atoms with Gasteiger partial charge in [0.05, 0.1) is 5.25 Å². The molecule has 27 heavy (non-hydrogen) atoms. The lowest BCUT2D eigenvalue weighted by Gasteiger charge is -2.14. The molecule has 0 bridgehead atoms. The van der Waals surface area contributed by atoms with Crippen molar-refractivity contribution in [2.75, 3.05) is 0 Å². The van der Waals surface area contributed by atoms with E-state index < -0.39 is 0 Å². The van der Waals surface area contributed by atoms with E-state index >= 15 is 0 Å². The fourth-order valence-corrected chi connectivity index (χ4v) is 3.50. The average molecular weight is 383 g/mol. The minimum absolute atomic E-state index is 0.0843. The highest BCUT2D eigenvalue weighted by atomic mass is 32.2. The molecule has 0 aliphatic heterocycles. The number of hydrogen-bond acceptors (Lipinski definition) is 3. The van der Waals surface area contributed by atoms with Gasteiger partial charge in [0, 0.05) is 24.6 Å². The second-order valence-corrected chi connectivity index (χ2v) is 7.76. The van der Waals surface area contributed by atoms with Gasteiger partial charge in [-0.25, -0.2) is 9.37 Å². The van der Waals surface area contributed by atoms with Crippen molar-refractivity contribution < 1.29 is 9.18 Å². The number of thioether (sulfide) groups is 1. The maximum absolute atomic E-state index is 13.0. The second kappa shape index (κ2) is 8.39. The Labute approximate surface area is 162 Å². The van der Waals surface area contributed by atoms with Crippen molar-refractivity contribution in [2.45, 2.75) is 37.7 Å². The van der Waals surface area contributed by atoms with Crippen LogP contribution in [0.15, 0.2) is 60.0 Å². The molecule has 1 amide bonds. The van der Waals surface area contributed by atoms with Gasteiger partial charge in [-0.15, -0.1) is 0 Å². The maximum atomic E-state index is 13.0. The van der Waals surface area contributed by atoms with Gasteiger partial charge in [0.1, 0.15) is 5.82 Å². The van der Waals surface area contributed by atoms with E-state index in [9.17, 15) is 9.18 Å². The van der Waals surface area contributed by atoms with E-state index in [0.29, 0.717) is 6.54 Å². The largest absolute Gasteiger partial charge is 0.351 e. The Morgan fingerprint density at radius 3 is 2.63 bits per heavy atom. The summed E-state index contributed by atoms with van der Waals surface area (Å²) in [5.74, 6) is -0.369. The molecule has 2 aromatic carbocycles. The predicted octanol–water partition coefficient (Wildman–Crippen LogP) is 4.43. The molecule has 0 aliphatic carbocycles. The van der Waals surface area contributed by atoms with E-state index in [0.717, 1.165) is 16.4 Å². The number of carbonyl (C=O) groups excluding carboxylic acids is 1. The Hall–Kier alpha value is -2.60. The third kappa shape index (κ3) is 4.77. The summed E-state index contributed by atoms with van der Waals surface area (Å²) >= 11 is 1.41. The Bertz CT molecular complexity index is 937. The molecule has 6 heteroatoms. The zero-order chi connectivity index (χ0) is 19.4. The number of carbonyl (C=O) groups is 1. The highest BCUT2D eigenvalue weighted by Gasteiger charge is 2.17. The third-order valence-corrected chi connectivity index (χ3v) is 5.49. The van der Waals surface area contributed by atoms with Gasteiger partial charge in [-0.1, -0.05) is 30.0 Å². The Kier molecular flexibility index (Phi) is 5.96. The lowest BCUT2D eigenvalue weighted by atomic mass is 10.1. The van der Waals surface area contributed by atoms with Crippen molar-refractivity contribution in [1.29, 1.82) is 0 Å². The van der Waals surface area contributed by atoms with Crippen LogP contribution in [-0.2, 0) is 11.3 Å². The van der Waals surface area contributed by atoms with Crippen molar-refractivity contribution in [3.8, 4) is 5.69 Å². The predicted molar refractivity (Wildman–Crippen MR) is 107 cm³/mol. The third-order valence-electron chi connectivity index (χ3n) is 4.41. The Balaban J connectivity index is 1.64. The van der Waals surface area contributed by atoms with Gasteiger partial charge in [-0.05, 0) is 61.7 Å². The first-order valence-corrected chi connectivity index (χ1v) is 9.62. The fourth-order valence-electron chi connectivity index (χ4n) is 2.60. The molecule has 4 nitrogen and oxygen atoms in total. The van der Waals surface area contributed by atoms with Crippen LogP contribution in [-0.4, -0.2) is 20.7 Å². The minimum atomic E-state index is -0.307. The number of imidazole rings is 1. The van der Waals surface area contributed by atoms with E-state index in [2.05, 4.69) is 36.3 Å². The van der Waals surface area contributed by atoms with Crippen LogP contribution in [0.5, 0.6) is 0 Å². The van der Waals surface area contributed by atoms with Crippen LogP contribution in [0, 0.1) is 19.7 Å². The maximum Gasteiger partial charge on any atom is 0.233 e. The zero-order valence-electron chi connectivity index (χ0n) is 15.6. The number of aryl methyl sites for hydroxylation is 2. The van der Waals surface area contributed by atoms with Gasteiger partial charge in [0.15, 0.2) is 5.16 Å². The summed E-state index contributed by atoms with van der Waals surface area (Å²) in [7, 11) is 0. The first-order valence-electron chi connectivity index (χ1n) is 8.74. The first kappa shape index (κ1) is 19.2. The molecular formula is C21H22FN3OS. The van der Waals surface area contributed by atoms with Crippen LogP contribution in [0.4, 0.5) is 4.39 Å². The average Bonchev–Trinajstić information content (AvgIpc) is 3.11. The molecule has 0 radical (unpaired) electrons. The summed E-state index contributed by atoms with van der Waals surface area (Å²) in [6.07, 6.45) is 3.64. The first-order chi connectivity index (χ1) is 12.9. The highest BCUT2D eigenvalue weighted by Crippen LogP contribution is 2.25. The lowest BCUT2D eigenvalue weighted by Crippen LogP contribution is -2.30. The number of nitrogens with one attached hydrogen (secondary N) is 1. The van der Waals surface area contributed by atoms with Crippen molar-refractivity contribution >= 4 is 17.7 Å². The van der Waals surface area contributed by atoms with Gasteiger partial charge in [-0.2, -0.15) is 0 Å². The van der Waals surface area contributed by atoms with Gasteiger partial charge in [0.2, 0.25) is 5.91 Å². The van der Waals surface area contributed by atoms with Crippen molar-refractivity contribution in [3.63, 3.8) is 0 Å². The summed E-state index contributed by atoms with van der Waals surface area (Å²) < 4.78 is 14.9. The summed E-state index contributed by atoms with van der Waals surface area (Å²) in [6, 6.07) is 12.4. The summed E-state index contributed by atoms with van der Waals surface area (Å²) in [5.41, 5.74) is 4.33. The molecule has 1 unspecified atom stereocenters. The molecule has 0 spiro atoms. The quantitative estimate of drug-likeness (QED) is 0.641. The molecule has 140 valence electrons. The van der Waals surface area contributed by atoms with Gasteiger partial charge >= 0.3 is 0 Å². The van der Waals surface area contributed by atoms with E-state index in [1.165, 1.54) is 35.0 Å². The number of nitrogens with zero attached hydrogens (tertiary/aromatic N) is 2. The summed E-state index contributed by atoms with van der Waals surface area (Å²) in [4.78, 5) is 16.8. The molecule has 3 rings (SSSR count). The van der Waals surface area contributed by atoms with Crippen LogP contribution >= 0.6 is 11.8 Å². The molecule has 0 saturated carbocycles. The van der Waals surface area contributed by atoms with E-state index in [1.807, 2.05) is 23.8 Å². The number of halogens is 1. The highest BCUT2D eigenvalue weighted by molar-refractivity contribution is 8.00. The van der Waals surface area contributed by atoms with Crippen molar-refractivity contribution in [1.82, 2.24) is 14.9 Å². The smallest absolute Gasteiger partial charge is 0.233 e. The molecule has 3 aromatic rings. The Morgan fingerprint density at radius 2 is 1.93 bits per heavy atom.